The Labute approximate surface area is 122 Å². The van der Waals surface area contributed by atoms with Gasteiger partial charge < -0.3 is 19.5 Å². The minimum atomic E-state index is 0.781. The quantitative estimate of drug-likeness (QED) is 0.633. The van der Waals surface area contributed by atoms with Gasteiger partial charge >= 0.3 is 0 Å². The van der Waals surface area contributed by atoms with Gasteiger partial charge in [0.1, 0.15) is 11.5 Å². The third-order valence-electron chi connectivity index (χ3n) is 3.28. The Balaban J connectivity index is 2.21. The molecule has 1 aromatic rings. The summed E-state index contributed by atoms with van der Waals surface area (Å²) in [5.74, 6) is 1.76. The molecular weight excluding hydrogens is 254 g/mol. The summed E-state index contributed by atoms with van der Waals surface area (Å²) in [6.07, 6.45) is 4.64. The molecule has 0 radical (unpaired) electrons. The van der Waals surface area contributed by atoms with Crippen molar-refractivity contribution in [1.29, 1.82) is 0 Å². The van der Waals surface area contributed by atoms with Gasteiger partial charge in [-0.2, -0.15) is 0 Å². The lowest BCUT2D eigenvalue weighted by atomic mass is 10.1. The lowest BCUT2D eigenvalue weighted by molar-refractivity contribution is 0.199. The van der Waals surface area contributed by atoms with Gasteiger partial charge in [-0.3, -0.25) is 0 Å². The van der Waals surface area contributed by atoms with Gasteiger partial charge in [-0.25, -0.2) is 0 Å². The molecule has 0 saturated carbocycles. The molecule has 0 amide bonds. The predicted molar refractivity (Wildman–Crippen MR) is 81.8 cm³/mol. The Hall–Kier alpha value is -1.26. The third-order valence-corrected chi connectivity index (χ3v) is 3.28. The van der Waals surface area contributed by atoms with Crippen LogP contribution in [0.25, 0.3) is 0 Å². The van der Waals surface area contributed by atoms with E-state index in [9.17, 15) is 0 Å². The van der Waals surface area contributed by atoms with Crippen molar-refractivity contribution in [1.82, 2.24) is 5.32 Å². The van der Waals surface area contributed by atoms with Crippen molar-refractivity contribution in [2.75, 3.05) is 41.0 Å². The van der Waals surface area contributed by atoms with Crippen LogP contribution in [0.1, 0.15) is 24.8 Å². The van der Waals surface area contributed by atoms with Crippen molar-refractivity contribution < 1.29 is 14.2 Å². The van der Waals surface area contributed by atoms with E-state index < -0.39 is 0 Å². The normalized spacial score (nSPS) is 10.6. The average Bonchev–Trinajstić information content (AvgIpc) is 2.50. The molecule has 1 rings (SSSR count). The van der Waals surface area contributed by atoms with Crippen molar-refractivity contribution in [3.63, 3.8) is 0 Å². The second-order valence-corrected chi connectivity index (χ2v) is 4.73. The summed E-state index contributed by atoms with van der Waals surface area (Å²) in [6.45, 7) is 2.77. The number of aryl methyl sites for hydroxylation is 1. The van der Waals surface area contributed by atoms with Gasteiger partial charge in [-0.05, 0) is 37.4 Å². The molecule has 0 bridgehead atoms. The minimum absolute atomic E-state index is 0.781. The van der Waals surface area contributed by atoms with Gasteiger partial charge in [0.15, 0.2) is 0 Å². The highest BCUT2D eigenvalue weighted by Crippen LogP contribution is 2.25. The van der Waals surface area contributed by atoms with Gasteiger partial charge in [0.2, 0.25) is 0 Å². The van der Waals surface area contributed by atoms with E-state index in [4.69, 9.17) is 14.2 Å². The number of ether oxygens (including phenoxy) is 3. The van der Waals surface area contributed by atoms with Crippen LogP contribution < -0.4 is 14.8 Å². The highest BCUT2D eigenvalue weighted by atomic mass is 16.5. The first-order valence-corrected chi connectivity index (χ1v) is 7.22. The molecule has 20 heavy (non-hydrogen) atoms. The van der Waals surface area contributed by atoms with Crippen molar-refractivity contribution in [2.24, 2.45) is 0 Å². The van der Waals surface area contributed by atoms with Crippen LogP contribution in [0.3, 0.4) is 0 Å². The van der Waals surface area contributed by atoms with Gasteiger partial charge in [0.25, 0.3) is 0 Å². The lowest BCUT2D eigenvalue weighted by Crippen LogP contribution is -2.20. The van der Waals surface area contributed by atoms with E-state index in [2.05, 4.69) is 11.4 Å². The highest BCUT2D eigenvalue weighted by molar-refractivity contribution is 5.40. The molecule has 4 nitrogen and oxygen atoms in total. The molecule has 0 atom stereocenters. The number of hydrogen-bond donors (Lipinski definition) is 1. The maximum Gasteiger partial charge on any atom is 0.125 e. The number of benzene rings is 1. The lowest BCUT2D eigenvalue weighted by Gasteiger charge is -2.10. The third kappa shape index (κ3) is 6.26. The SMILES string of the molecule is COCCNCCCCCc1ccc(OC)cc1OC. The molecule has 0 spiro atoms. The Kier molecular flexibility index (Phi) is 8.83. The smallest absolute Gasteiger partial charge is 0.125 e. The van der Waals surface area contributed by atoms with Crippen LogP contribution in [-0.4, -0.2) is 41.0 Å². The van der Waals surface area contributed by atoms with Crippen LogP contribution >= 0.6 is 0 Å². The predicted octanol–water partition coefficient (Wildman–Crippen LogP) is 2.65. The summed E-state index contributed by atoms with van der Waals surface area (Å²) in [6, 6.07) is 6.03. The monoisotopic (exact) mass is 281 g/mol. The van der Waals surface area contributed by atoms with E-state index in [1.165, 1.54) is 24.8 Å². The van der Waals surface area contributed by atoms with Crippen molar-refractivity contribution in [3.8, 4) is 11.5 Å². The van der Waals surface area contributed by atoms with Gasteiger partial charge in [-0.15, -0.1) is 0 Å². The fraction of sp³-hybridized carbons (Fsp3) is 0.625. The zero-order valence-corrected chi connectivity index (χ0v) is 12.9. The van der Waals surface area contributed by atoms with Crippen molar-refractivity contribution >= 4 is 0 Å². The second kappa shape index (κ2) is 10.5. The molecule has 0 aliphatic carbocycles. The first-order chi connectivity index (χ1) is 9.81. The van der Waals surface area contributed by atoms with Gasteiger partial charge in [0.05, 0.1) is 20.8 Å². The van der Waals surface area contributed by atoms with Crippen LogP contribution in [0.4, 0.5) is 0 Å². The van der Waals surface area contributed by atoms with E-state index in [1.54, 1.807) is 21.3 Å². The Morgan fingerprint density at radius 3 is 2.50 bits per heavy atom. The first kappa shape index (κ1) is 16.8. The highest BCUT2D eigenvalue weighted by Gasteiger charge is 2.04. The van der Waals surface area contributed by atoms with Crippen LogP contribution in [0.15, 0.2) is 18.2 Å². The second-order valence-electron chi connectivity index (χ2n) is 4.73. The molecule has 0 fully saturated rings. The summed E-state index contributed by atoms with van der Waals surface area (Å²) in [5.41, 5.74) is 1.25. The minimum Gasteiger partial charge on any atom is -0.497 e. The van der Waals surface area contributed by atoms with E-state index in [1.807, 2.05) is 12.1 Å². The molecule has 0 saturated heterocycles. The summed E-state index contributed by atoms with van der Waals surface area (Å²) < 4.78 is 15.6. The molecule has 0 unspecified atom stereocenters. The van der Waals surface area contributed by atoms with E-state index in [-0.39, 0.29) is 0 Å². The Bertz CT molecular complexity index is 369. The van der Waals surface area contributed by atoms with Crippen LogP contribution in [-0.2, 0) is 11.2 Å². The molecule has 0 aliphatic heterocycles. The molecule has 114 valence electrons. The van der Waals surface area contributed by atoms with Crippen LogP contribution in [0.2, 0.25) is 0 Å². The fourth-order valence-electron chi connectivity index (χ4n) is 2.10. The average molecular weight is 281 g/mol. The maximum absolute atomic E-state index is 5.40. The molecule has 0 aromatic heterocycles. The first-order valence-electron chi connectivity index (χ1n) is 7.22. The molecule has 0 aliphatic rings. The summed E-state index contributed by atoms with van der Waals surface area (Å²) in [5, 5.41) is 3.36. The van der Waals surface area contributed by atoms with Crippen molar-refractivity contribution in [3.05, 3.63) is 23.8 Å². The van der Waals surface area contributed by atoms with Crippen LogP contribution in [0.5, 0.6) is 11.5 Å². The number of hydrogen-bond acceptors (Lipinski definition) is 4. The molecule has 1 aromatic carbocycles. The van der Waals surface area contributed by atoms with Crippen molar-refractivity contribution in [2.45, 2.75) is 25.7 Å². The number of methoxy groups -OCH3 is 3. The van der Waals surface area contributed by atoms with E-state index in [0.29, 0.717) is 0 Å². The number of unbranched alkanes of at least 4 members (excludes halogenated alkanes) is 2. The zero-order chi connectivity index (χ0) is 14.6. The Morgan fingerprint density at radius 2 is 1.80 bits per heavy atom. The number of nitrogens with one attached hydrogen (secondary N) is 1. The summed E-state index contributed by atoms with van der Waals surface area (Å²) >= 11 is 0. The molecule has 1 N–H and O–H groups in total. The fourth-order valence-corrected chi connectivity index (χ4v) is 2.10. The Morgan fingerprint density at radius 1 is 0.950 bits per heavy atom. The largest absolute Gasteiger partial charge is 0.497 e. The van der Waals surface area contributed by atoms with E-state index >= 15 is 0 Å². The maximum atomic E-state index is 5.40. The van der Waals surface area contributed by atoms with Gasteiger partial charge in [0, 0.05) is 19.7 Å². The summed E-state index contributed by atoms with van der Waals surface area (Å²) in [7, 11) is 5.10. The van der Waals surface area contributed by atoms with Crippen LogP contribution in [0, 0.1) is 0 Å². The van der Waals surface area contributed by atoms with E-state index in [0.717, 1.165) is 37.6 Å². The molecule has 4 heteroatoms. The molecule has 0 heterocycles. The molecular formula is C16H27NO3. The van der Waals surface area contributed by atoms with Gasteiger partial charge in [-0.1, -0.05) is 12.5 Å². The zero-order valence-electron chi connectivity index (χ0n) is 12.9. The summed E-state index contributed by atoms with van der Waals surface area (Å²) in [4.78, 5) is 0. The standard InChI is InChI=1S/C16H27NO3/c1-18-12-11-17-10-6-4-5-7-14-8-9-15(19-2)13-16(14)20-3/h8-9,13,17H,4-7,10-12H2,1-3H3. The number of rotatable bonds is 11. The topological polar surface area (TPSA) is 39.7 Å².